The number of amides is 1. The van der Waals surface area contributed by atoms with Crippen LogP contribution >= 0.6 is 11.6 Å². The first-order valence-electron chi connectivity index (χ1n) is 8.80. The van der Waals surface area contributed by atoms with Crippen LogP contribution in [0.25, 0.3) is 0 Å². The molecule has 0 saturated heterocycles. The first-order chi connectivity index (χ1) is 14.0. The Kier molecular flexibility index (Phi) is 6.36. The Bertz CT molecular complexity index is 1070. The predicted molar refractivity (Wildman–Crippen MR) is 116 cm³/mol. The molecule has 0 aliphatic carbocycles. The summed E-state index contributed by atoms with van der Waals surface area (Å²) in [5, 5.41) is 17.4. The van der Waals surface area contributed by atoms with Gasteiger partial charge in [-0.3, -0.25) is 4.79 Å². The highest BCUT2D eigenvalue weighted by atomic mass is 35.5. The highest BCUT2D eigenvalue weighted by molar-refractivity contribution is 6.31. The zero-order chi connectivity index (χ0) is 20.8. The lowest BCUT2D eigenvalue weighted by Gasteiger charge is -2.13. The number of hydrogen-bond donors (Lipinski definition) is 3. The van der Waals surface area contributed by atoms with E-state index in [2.05, 4.69) is 15.8 Å². The molecule has 3 rings (SSSR count). The standard InChI is InChI=1S/C22H20ClN3O3/c1-14-5-3-4-6-18(14)25-19-12-16(23)8-9-17(19)22(28)26-24-13-15-7-10-20(27)21(11-15)29-2/h3-13,25,27H,1-2H3,(H,26,28)/b24-13+. The van der Waals surface area contributed by atoms with Crippen molar-refractivity contribution in [2.75, 3.05) is 12.4 Å². The summed E-state index contributed by atoms with van der Waals surface area (Å²) in [6.07, 6.45) is 1.46. The van der Waals surface area contributed by atoms with E-state index in [1.165, 1.54) is 19.4 Å². The molecule has 0 atom stereocenters. The lowest BCUT2D eigenvalue weighted by Crippen LogP contribution is -2.19. The maximum Gasteiger partial charge on any atom is 0.273 e. The molecule has 0 aromatic heterocycles. The fraction of sp³-hybridized carbons (Fsp3) is 0.0909. The number of carbonyl (C=O) groups excluding carboxylic acids is 1. The van der Waals surface area contributed by atoms with E-state index in [1.54, 1.807) is 30.3 Å². The number of hydrogen-bond acceptors (Lipinski definition) is 5. The fourth-order valence-electron chi connectivity index (χ4n) is 2.68. The van der Waals surface area contributed by atoms with Crippen molar-refractivity contribution in [1.29, 1.82) is 0 Å². The van der Waals surface area contributed by atoms with Crippen molar-refractivity contribution in [3.63, 3.8) is 0 Å². The molecule has 0 heterocycles. The van der Waals surface area contributed by atoms with Crippen molar-refractivity contribution in [1.82, 2.24) is 5.43 Å². The molecular weight excluding hydrogens is 390 g/mol. The minimum atomic E-state index is -0.389. The molecule has 148 valence electrons. The molecule has 0 saturated carbocycles. The van der Waals surface area contributed by atoms with Crippen LogP contribution in [-0.2, 0) is 0 Å². The minimum Gasteiger partial charge on any atom is -0.504 e. The molecular formula is C22H20ClN3O3. The number of carbonyl (C=O) groups is 1. The summed E-state index contributed by atoms with van der Waals surface area (Å²) in [5.41, 5.74) is 6.06. The number of phenolic OH excluding ortho intramolecular Hbond substituents is 1. The summed E-state index contributed by atoms with van der Waals surface area (Å²) in [6.45, 7) is 1.98. The Hall–Kier alpha value is -3.51. The summed E-state index contributed by atoms with van der Waals surface area (Å²) >= 11 is 6.12. The molecule has 0 spiro atoms. The molecule has 0 aliphatic heterocycles. The Balaban J connectivity index is 1.78. The highest BCUT2D eigenvalue weighted by Gasteiger charge is 2.12. The Morgan fingerprint density at radius 1 is 1.10 bits per heavy atom. The highest BCUT2D eigenvalue weighted by Crippen LogP contribution is 2.27. The normalized spacial score (nSPS) is 10.7. The Morgan fingerprint density at radius 2 is 1.90 bits per heavy atom. The number of halogens is 1. The number of nitrogens with one attached hydrogen (secondary N) is 2. The van der Waals surface area contributed by atoms with Gasteiger partial charge in [0, 0.05) is 10.7 Å². The largest absolute Gasteiger partial charge is 0.504 e. The van der Waals surface area contributed by atoms with E-state index in [-0.39, 0.29) is 11.7 Å². The van der Waals surface area contributed by atoms with Gasteiger partial charge in [-0.1, -0.05) is 29.8 Å². The smallest absolute Gasteiger partial charge is 0.273 e. The first kappa shape index (κ1) is 20.2. The van der Waals surface area contributed by atoms with E-state index < -0.39 is 0 Å². The van der Waals surface area contributed by atoms with Crippen LogP contribution < -0.4 is 15.5 Å². The number of benzene rings is 3. The van der Waals surface area contributed by atoms with E-state index >= 15 is 0 Å². The number of ether oxygens (including phenoxy) is 1. The van der Waals surface area contributed by atoms with E-state index in [0.717, 1.165) is 11.3 Å². The third-order valence-electron chi connectivity index (χ3n) is 4.22. The van der Waals surface area contributed by atoms with Gasteiger partial charge in [0.05, 0.1) is 24.6 Å². The van der Waals surface area contributed by atoms with Crippen LogP contribution in [0.3, 0.4) is 0 Å². The molecule has 3 aromatic carbocycles. The second-order valence-electron chi connectivity index (χ2n) is 6.26. The summed E-state index contributed by atoms with van der Waals surface area (Å²) in [7, 11) is 1.46. The number of nitrogens with zero attached hydrogens (tertiary/aromatic N) is 1. The summed E-state index contributed by atoms with van der Waals surface area (Å²) < 4.78 is 5.06. The first-order valence-corrected chi connectivity index (χ1v) is 9.18. The van der Waals surface area contributed by atoms with Gasteiger partial charge in [0.15, 0.2) is 11.5 Å². The van der Waals surface area contributed by atoms with Gasteiger partial charge in [-0.2, -0.15) is 5.10 Å². The third kappa shape index (κ3) is 5.06. The topological polar surface area (TPSA) is 83.0 Å². The minimum absolute atomic E-state index is 0.0294. The molecule has 29 heavy (non-hydrogen) atoms. The van der Waals surface area contributed by atoms with Gasteiger partial charge in [-0.25, -0.2) is 5.43 Å². The van der Waals surface area contributed by atoms with Crippen LogP contribution in [0.15, 0.2) is 65.8 Å². The Morgan fingerprint density at radius 3 is 2.66 bits per heavy atom. The maximum absolute atomic E-state index is 12.6. The van der Waals surface area contributed by atoms with Crippen molar-refractivity contribution in [2.24, 2.45) is 5.10 Å². The molecule has 7 heteroatoms. The molecule has 0 fully saturated rings. The van der Waals surface area contributed by atoms with Gasteiger partial charge in [-0.05, 0) is 60.5 Å². The molecule has 3 N–H and O–H groups in total. The number of hydrazone groups is 1. The molecule has 6 nitrogen and oxygen atoms in total. The fourth-order valence-corrected chi connectivity index (χ4v) is 2.85. The zero-order valence-electron chi connectivity index (χ0n) is 15.9. The molecule has 3 aromatic rings. The summed E-state index contributed by atoms with van der Waals surface area (Å²) in [6, 6.07) is 17.5. The van der Waals surface area contributed by atoms with E-state index in [4.69, 9.17) is 16.3 Å². The van der Waals surface area contributed by atoms with Crippen molar-refractivity contribution < 1.29 is 14.6 Å². The van der Waals surface area contributed by atoms with Crippen LogP contribution in [0.2, 0.25) is 5.02 Å². The van der Waals surface area contributed by atoms with Crippen molar-refractivity contribution >= 4 is 35.1 Å². The molecule has 0 unspecified atom stereocenters. The van der Waals surface area contributed by atoms with Crippen molar-refractivity contribution in [3.8, 4) is 11.5 Å². The average Bonchev–Trinajstić information content (AvgIpc) is 2.71. The average molecular weight is 410 g/mol. The molecule has 1 amide bonds. The lowest BCUT2D eigenvalue weighted by atomic mass is 10.1. The summed E-state index contributed by atoms with van der Waals surface area (Å²) in [4.78, 5) is 12.6. The number of aromatic hydroxyl groups is 1. The van der Waals surface area contributed by atoms with Gasteiger partial charge >= 0.3 is 0 Å². The van der Waals surface area contributed by atoms with Gasteiger partial charge in [-0.15, -0.1) is 0 Å². The van der Waals surface area contributed by atoms with Gasteiger partial charge in [0.1, 0.15) is 0 Å². The maximum atomic E-state index is 12.6. The number of methoxy groups -OCH3 is 1. The number of rotatable bonds is 6. The number of phenols is 1. The van der Waals surface area contributed by atoms with E-state index in [9.17, 15) is 9.90 Å². The third-order valence-corrected chi connectivity index (χ3v) is 4.46. The monoisotopic (exact) mass is 409 g/mol. The van der Waals surface area contributed by atoms with Crippen LogP contribution in [0.1, 0.15) is 21.5 Å². The van der Waals surface area contributed by atoms with Gasteiger partial charge in [0.2, 0.25) is 0 Å². The van der Waals surface area contributed by atoms with Crippen molar-refractivity contribution in [3.05, 3.63) is 82.4 Å². The van der Waals surface area contributed by atoms with Crippen LogP contribution in [0.5, 0.6) is 11.5 Å². The second kappa shape index (κ2) is 9.12. The Labute approximate surface area is 173 Å². The van der Waals surface area contributed by atoms with Crippen LogP contribution in [0, 0.1) is 6.92 Å². The second-order valence-corrected chi connectivity index (χ2v) is 6.70. The molecule has 0 bridgehead atoms. The molecule has 0 aliphatic rings. The van der Waals surface area contributed by atoms with Crippen LogP contribution in [0.4, 0.5) is 11.4 Å². The van der Waals surface area contributed by atoms with Gasteiger partial charge < -0.3 is 15.2 Å². The van der Waals surface area contributed by atoms with Gasteiger partial charge in [0.25, 0.3) is 5.91 Å². The lowest BCUT2D eigenvalue weighted by molar-refractivity contribution is 0.0956. The SMILES string of the molecule is COc1cc(/C=N/NC(=O)c2ccc(Cl)cc2Nc2ccccc2C)ccc1O. The zero-order valence-corrected chi connectivity index (χ0v) is 16.7. The van der Waals surface area contributed by atoms with Crippen molar-refractivity contribution in [2.45, 2.75) is 6.92 Å². The number of anilines is 2. The predicted octanol–water partition coefficient (Wildman–Crippen LogP) is 4.87. The van der Waals surface area contributed by atoms with E-state index in [0.29, 0.717) is 27.6 Å². The number of para-hydroxylation sites is 1. The molecule has 0 radical (unpaired) electrons. The van der Waals surface area contributed by atoms with Crippen LogP contribution in [-0.4, -0.2) is 24.3 Å². The van der Waals surface area contributed by atoms with E-state index in [1.807, 2.05) is 31.2 Å². The summed E-state index contributed by atoms with van der Waals surface area (Å²) in [5.74, 6) is -0.0378. The quantitative estimate of drug-likeness (QED) is 0.400. The number of aryl methyl sites for hydroxylation is 1.